The zero-order valence-electron chi connectivity index (χ0n) is 27.8. The van der Waals surface area contributed by atoms with Crippen molar-refractivity contribution in [2.24, 2.45) is 0 Å². The highest BCUT2D eigenvalue weighted by atomic mass is 19.5. The van der Waals surface area contributed by atoms with Crippen LogP contribution in [0.15, 0.2) is 53.5 Å². The molecule has 3 rings (SSSR count). The number of ether oxygens (including phenoxy) is 6. The molecule has 248 valence electrons. The van der Waals surface area contributed by atoms with Crippen molar-refractivity contribution in [3.63, 3.8) is 0 Å². The highest BCUT2D eigenvalue weighted by molar-refractivity contribution is 6.50. The van der Waals surface area contributed by atoms with Crippen LogP contribution in [0.25, 0.3) is 5.57 Å². The molecule has 2 aromatic rings. The molecular formula is C31H42BF4N3O6. The van der Waals surface area contributed by atoms with Gasteiger partial charge >= 0.3 is 7.25 Å². The van der Waals surface area contributed by atoms with Crippen molar-refractivity contribution < 1.29 is 50.3 Å². The lowest BCUT2D eigenvalue weighted by molar-refractivity contribution is -0.462. The van der Waals surface area contributed by atoms with E-state index >= 15 is 0 Å². The average Bonchev–Trinajstić information content (AvgIpc) is 2.99. The minimum absolute atomic E-state index is 0.597. The predicted octanol–water partition coefficient (Wildman–Crippen LogP) is 5.74. The molecule has 0 spiro atoms. The molecule has 0 fully saturated rings. The molecule has 0 saturated heterocycles. The van der Waals surface area contributed by atoms with E-state index in [2.05, 4.69) is 0 Å². The van der Waals surface area contributed by atoms with Gasteiger partial charge in [-0.1, -0.05) is 0 Å². The molecule has 0 amide bonds. The van der Waals surface area contributed by atoms with E-state index < -0.39 is 7.25 Å². The molecule has 0 unspecified atom stereocenters. The van der Waals surface area contributed by atoms with E-state index in [1.54, 1.807) is 42.7 Å². The number of anilines is 2. The van der Waals surface area contributed by atoms with E-state index in [1.165, 1.54) is 0 Å². The summed E-state index contributed by atoms with van der Waals surface area (Å²) in [5.41, 5.74) is 5.54. The molecule has 1 aliphatic rings. The Balaban J connectivity index is 0.00000130. The van der Waals surface area contributed by atoms with E-state index in [1.807, 2.05) is 93.1 Å². The lowest BCUT2D eigenvalue weighted by Crippen LogP contribution is -2.18. The van der Waals surface area contributed by atoms with Crippen molar-refractivity contribution >= 4 is 29.9 Å². The van der Waals surface area contributed by atoms with Crippen LogP contribution >= 0.6 is 0 Å². The largest absolute Gasteiger partial charge is 0.673 e. The molecule has 0 bridgehead atoms. The van der Waals surface area contributed by atoms with Crippen molar-refractivity contribution in [3.05, 3.63) is 64.6 Å². The van der Waals surface area contributed by atoms with Gasteiger partial charge in [-0.25, -0.2) is 4.58 Å². The molecule has 0 N–H and O–H groups in total. The van der Waals surface area contributed by atoms with Gasteiger partial charge in [0.2, 0.25) is 5.71 Å². The zero-order valence-corrected chi connectivity index (χ0v) is 27.8. The van der Waals surface area contributed by atoms with Crippen LogP contribution in [0.5, 0.6) is 23.0 Å². The highest BCUT2D eigenvalue weighted by Gasteiger charge is 2.34. The molecule has 9 nitrogen and oxygen atoms in total. The van der Waals surface area contributed by atoms with Crippen molar-refractivity contribution in [2.75, 3.05) is 94.7 Å². The molecule has 0 aliphatic heterocycles. The van der Waals surface area contributed by atoms with Gasteiger partial charge in [0, 0.05) is 69.4 Å². The fourth-order valence-corrected chi connectivity index (χ4v) is 4.58. The SMILES string of the molecule is COC1=CC(=[N+](C)C)C=C(OC)C1=C(c1c(OC)cc(N(C)C)cc1OC)c1c(OC)cc(N(C)C)cc1OC.F[B-](F)(F)F. The van der Waals surface area contributed by atoms with Crippen LogP contribution in [0.2, 0.25) is 0 Å². The predicted molar refractivity (Wildman–Crippen MR) is 171 cm³/mol. The first-order valence-electron chi connectivity index (χ1n) is 13.6. The first kappa shape index (κ1) is 36.7. The topological polar surface area (TPSA) is 64.9 Å². The summed E-state index contributed by atoms with van der Waals surface area (Å²) in [6.07, 6.45) is 3.94. The summed E-state index contributed by atoms with van der Waals surface area (Å²) in [5, 5.41) is 0. The Morgan fingerprint density at radius 2 is 0.867 bits per heavy atom. The second kappa shape index (κ2) is 15.5. The molecular weight excluding hydrogens is 597 g/mol. The lowest BCUT2D eigenvalue weighted by atomic mass is 9.86. The van der Waals surface area contributed by atoms with Crippen LogP contribution < -0.4 is 28.7 Å². The zero-order chi connectivity index (χ0) is 34.2. The minimum Gasteiger partial charge on any atom is -0.496 e. The standard InChI is InChI=1S/C31H42N3O6.BF4/c1-32(2)19-13-22(35-7)28(23(14-19)36-8)31(29-24(37-9)15-20(33(3)4)16-25(29)38-10)30-26(39-11)17-21(34(5)6)18-27(30)40-12;2-1(3,4)5/h13-18H,1-12H3;/q+1;-1. The number of hydrogen-bond donors (Lipinski definition) is 0. The second-order valence-corrected chi connectivity index (χ2v) is 10.2. The van der Waals surface area contributed by atoms with Gasteiger partial charge in [0.05, 0.1) is 71.5 Å². The fraction of sp³-hybridized carbons (Fsp3) is 0.387. The molecule has 2 aromatic carbocycles. The molecule has 0 aromatic heterocycles. The number of benzene rings is 2. The van der Waals surface area contributed by atoms with Crippen LogP contribution in [0, 0.1) is 0 Å². The van der Waals surface area contributed by atoms with Crippen LogP contribution in [0.3, 0.4) is 0 Å². The first-order valence-corrected chi connectivity index (χ1v) is 13.6. The van der Waals surface area contributed by atoms with E-state index in [0.29, 0.717) is 56.8 Å². The Kier molecular flexibility index (Phi) is 12.6. The third-order valence-electron chi connectivity index (χ3n) is 6.77. The number of methoxy groups -OCH3 is 6. The van der Waals surface area contributed by atoms with E-state index in [0.717, 1.165) is 17.1 Å². The summed E-state index contributed by atoms with van der Waals surface area (Å²) in [5.74, 6) is 3.58. The van der Waals surface area contributed by atoms with Gasteiger partial charge in [-0.3, -0.25) is 0 Å². The third-order valence-corrected chi connectivity index (χ3v) is 6.77. The summed E-state index contributed by atoms with van der Waals surface area (Å²) < 4.78 is 77.1. The van der Waals surface area contributed by atoms with E-state index in [-0.39, 0.29) is 0 Å². The number of halogens is 4. The molecule has 45 heavy (non-hydrogen) atoms. The molecule has 1 aliphatic carbocycles. The van der Waals surface area contributed by atoms with Crippen LogP contribution in [0.4, 0.5) is 28.6 Å². The summed E-state index contributed by atoms with van der Waals surface area (Å²) in [4.78, 5) is 3.99. The fourth-order valence-electron chi connectivity index (χ4n) is 4.58. The Morgan fingerprint density at radius 1 is 0.578 bits per heavy atom. The number of nitrogens with zero attached hydrogens (tertiary/aromatic N) is 3. The molecule has 0 radical (unpaired) electrons. The lowest BCUT2D eigenvalue weighted by Gasteiger charge is -2.28. The second-order valence-electron chi connectivity index (χ2n) is 10.2. The van der Waals surface area contributed by atoms with Crippen LogP contribution in [-0.4, -0.2) is 102 Å². The maximum atomic E-state index is 9.75. The smallest absolute Gasteiger partial charge is 0.496 e. The van der Waals surface area contributed by atoms with Crippen LogP contribution in [0.1, 0.15) is 11.1 Å². The van der Waals surface area contributed by atoms with Gasteiger partial charge in [0.25, 0.3) is 0 Å². The van der Waals surface area contributed by atoms with E-state index in [9.17, 15) is 17.3 Å². The van der Waals surface area contributed by atoms with Crippen molar-refractivity contribution in [2.45, 2.75) is 0 Å². The Bertz CT molecular complexity index is 1350. The van der Waals surface area contributed by atoms with Gasteiger partial charge < -0.3 is 55.5 Å². The number of rotatable bonds is 10. The van der Waals surface area contributed by atoms with Crippen molar-refractivity contribution in [1.29, 1.82) is 0 Å². The van der Waals surface area contributed by atoms with Gasteiger partial charge in [0.15, 0.2) is 0 Å². The summed E-state index contributed by atoms with van der Waals surface area (Å²) in [6, 6.07) is 7.88. The van der Waals surface area contributed by atoms with Gasteiger partial charge in [0.1, 0.15) is 48.6 Å². The summed E-state index contributed by atoms with van der Waals surface area (Å²) >= 11 is 0. The molecule has 14 heteroatoms. The summed E-state index contributed by atoms with van der Waals surface area (Å²) in [7, 11) is 15.7. The average molecular weight is 639 g/mol. The monoisotopic (exact) mass is 639 g/mol. The van der Waals surface area contributed by atoms with Crippen molar-refractivity contribution in [3.8, 4) is 23.0 Å². The highest BCUT2D eigenvalue weighted by Crippen LogP contribution is 2.51. The molecule has 0 atom stereocenters. The van der Waals surface area contributed by atoms with Crippen LogP contribution in [-0.2, 0) is 9.47 Å². The van der Waals surface area contributed by atoms with E-state index in [4.69, 9.17) is 28.4 Å². The Labute approximate surface area is 262 Å². The van der Waals surface area contributed by atoms with Gasteiger partial charge in [-0.2, -0.15) is 0 Å². The van der Waals surface area contributed by atoms with Gasteiger partial charge in [-0.15, -0.1) is 0 Å². The summed E-state index contributed by atoms with van der Waals surface area (Å²) in [6.45, 7) is 0. The maximum Gasteiger partial charge on any atom is 0.673 e. The minimum atomic E-state index is -6.00. The van der Waals surface area contributed by atoms with Crippen molar-refractivity contribution in [1.82, 2.24) is 0 Å². The van der Waals surface area contributed by atoms with Gasteiger partial charge in [-0.05, 0) is 0 Å². The number of allylic oxidation sites excluding steroid dienone is 2. The Hall–Kier alpha value is -4.49. The third kappa shape index (κ3) is 8.80. The number of hydrogen-bond acceptors (Lipinski definition) is 8. The quantitative estimate of drug-likeness (QED) is 0.185. The molecule has 0 heterocycles. The maximum absolute atomic E-state index is 9.75. The normalized spacial score (nSPS) is 12.6. The molecule has 0 saturated carbocycles. The Morgan fingerprint density at radius 3 is 1.07 bits per heavy atom. The first-order chi connectivity index (χ1) is 21.1.